The maximum Gasteiger partial charge on any atom is 0.181 e. The molecule has 0 radical (unpaired) electrons. The summed E-state index contributed by atoms with van der Waals surface area (Å²) in [5.74, 6) is -1.79. The third-order valence-corrected chi connectivity index (χ3v) is 6.71. The van der Waals surface area contributed by atoms with Crippen LogP contribution in [-0.2, 0) is 16.0 Å². The second kappa shape index (κ2) is 6.64. The number of aliphatic hydroxyl groups is 2. The third-order valence-electron chi connectivity index (χ3n) is 6.71. The van der Waals surface area contributed by atoms with Crippen molar-refractivity contribution in [1.82, 2.24) is 4.98 Å². The highest BCUT2D eigenvalue weighted by Gasteiger charge is 2.77. The Bertz CT molecular complexity index is 1160. The van der Waals surface area contributed by atoms with E-state index in [1.165, 1.54) is 19.2 Å². The van der Waals surface area contributed by atoms with E-state index >= 15 is 0 Å². The van der Waals surface area contributed by atoms with Crippen molar-refractivity contribution >= 4 is 5.78 Å². The van der Waals surface area contributed by atoms with Gasteiger partial charge in [0.25, 0.3) is 0 Å². The molecule has 1 aromatic heterocycles. The highest BCUT2D eigenvalue weighted by Crippen LogP contribution is 2.68. The molecule has 0 bridgehead atoms. The lowest BCUT2D eigenvalue weighted by atomic mass is 9.71. The summed E-state index contributed by atoms with van der Waals surface area (Å²) in [5, 5.41) is 33.6. The van der Waals surface area contributed by atoms with Crippen LogP contribution in [0.15, 0.2) is 66.9 Å². The molecule has 2 aliphatic rings. The Morgan fingerprint density at radius 3 is 2.42 bits per heavy atom. The van der Waals surface area contributed by atoms with Gasteiger partial charge < -0.3 is 20.1 Å². The van der Waals surface area contributed by atoms with E-state index in [2.05, 4.69) is 4.98 Å². The number of ether oxygens (including phenoxy) is 1. The first-order valence-electron chi connectivity index (χ1n) is 10.2. The zero-order chi connectivity index (χ0) is 22.0. The predicted octanol–water partition coefficient (Wildman–Crippen LogP) is 2.93. The molecule has 5 atom stereocenters. The SMILES string of the molecule is CC(=O)[C@H]1[C@@H](O)[C@@]2(O)c3ncc(O)cc3O[C@@]2(c2ccc(C)cc2)[C@@H]1c1ccccc1. The van der Waals surface area contributed by atoms with Crippen LogP contribution in [-0.4, -0.2) is 32.2 Å². The van der Waals surface area contributed by atoms with Gasteiger partial charge in [-0.25, -0.2) is 0 Å². The predicted molar refractivity (Wildman–Crippen MR) is 113 cm³/mol. The van der Waals surface area contributed by atoms with Crippen molar-refractivity contribution in [2.24, 2.45) is 5.92 Å². The van der Waals surface area contributed by atoms with E-state index in [1.54, 1.807) is 0 Å². The largest absolute Gasteiger partial charge is 0.506 e. The van der Waals surface area contributed by atoms with Crippen LogP contribution in [0.25, 0.3) is 0 Å². The molecule has 0 unspecified atom stereocenters. The molecule has 6 nitrogen and oxygen atoms in total. The van der Waals surface area contributed by atoms with Crippen molar-refractivity contribution in [3.8, 4) is 11.5 Å². The molecular weight excluding hydrogens is 394 g/mol. The molecule has 6 heteroatoms. The van der Waals surface area contributed by atoms with Gasteiger partial charge in [-0.3, -0.25) is 9.78 Å². The standard InChI is InChI=1S/C25H23NO5/c1-14-8-10-17(11-9-14)25-21(16-6-4-3-5-7-16)20(15(2)27)23(29)24(25,30)22-19(31-25)12-18(28)13-26-22/h3-13,20-21,23,28-30H,1-2H3/t20-,21-,23-,24+,25+/m1/s1. The summed E-state index contributed by atoms with van der Waals surface area (Å²) >= 11 is 0. The second-order valence-corrected chi connectivity index (χ2v) is 8.48. The molecule has 2 aromatic carbocycles. The Morgan fingerprint density at radius 2 is 1.77 bits per heavy atom. The fraction of sp³-hybridized carbons (Fsp3) is 0.280. The Balaban J connectivity index is 1.87. The zero-order valence-electron chi connectivity index (χ0n) is 17.2. The molecule has 1 fully saturated rings. The number of pyridine rings is 1. The molecule has 158 valence electrons. The molecule has 3 N–H and O–H groups in total. The first-order chi connectivity index (χ1) is 14.8. The Kier molecular flexibility index (Phi) is 4.22. The molecule has 5 rings (SSSR count). The number of benzene rings is 2. The van der Waals surface area contributed by atoms with Crippen LogP contribution in [0.1, 0.15) is 35.2 Å². The number of ketones is 1. The number of nitrogens with zero attached hydrogens (tertiary/aromatic N) is 1. The minimum absolute atomic E-state index is 0.114. The molecule has 1 aliphatic heterocycles. The summed E-state index contributed by atoms with van der Waals surface area (Å²) in [7, 11) is 0. The van der Waals surface area contributed by atoms with Gasteiger partial charge in [-0.1, -0.05) is 60.2 Å². The van der Waals surface area contributed by atoms with Gasteiger partial charge in [0.2, 0.25) is 0 Å². The van der Waals surface area contributed by atoms with Crippen molar-refractivity contribution in [3.63, 3.8) is 0 Å². The highest BCUT2D eigenvalue weighted by molar-refractivity contribution is 5.82. The quantitative estimate of drug-likeness (QED) is 0.606. The summed E-state index contributed by atoms with van der Waals surface area (Å²) in [5.41, 5.74) is -0.996. The van der Waals surface area contributed by atoms with E-state index in [0.29, 0.717) is 5.56 Å². The van der Waals surface area contributed by atoms with Gasteiger partial charge in [0, 0.05) is 12.0 Å². The van der Waals surface area contributed by atoms with Crippen LogP contribution in [0, 0.1) is 12.8 Å². The number of fused-ring (bicyclic) bond motifs is 3. The van der Waals surface area contributed by atoms with Gasteiger partial charge >= 0.3 is 0 Å². The number of aromatic nitrogens is 1. The lowest BCUT2D eigenvalue weighted by Gasteiger charge is -2.40. The van der Waals surface area contributed by atoms with Crippen molar-refractivity contribution < 1.29 is 24.9 Å². The molecule has 0 amide bonds. The number of hydrogen-bond donors (Lipinski definition) is 3. The number of aromatic hydroxyl groups is 1. The van der Waals surface area contributed by atoms with Crippen molar-refractivity contribution in [1.29, 1.82) is 0 Å². The number of carbonyl (C=O) groups is 1. The zero-order valence-corrected chi connectivity index (χ0v) is 17.2. The van der Waals surface area contributed by atoms with E-state index in [-0.39, 0.29) is 23.0 Å². The minimum atomic E-state index is -2.00. The van der Waals surface area contributed by atoms with E-state index in [4.69, 9.17) is 4.74 Å². The van der Waals surface area contributed by atoms with E-state index in [1.807, 2.05) is 61.5 Å². The van der Waals surface area contributed by atoms with Crippen LogP contribution in [0.5, 0.6) is 11.5 Å². The van der Waals surface area contributed by atoms with Crippen LogP contribution in [0.3, 0.4) is 0 Å². The van der Waals surface area contributed by atoms with E-state index in [9.17, 15) is 20.1 Å². The maximum absolute atomic E-state index is 12.8. The second-order valence-electron chi connectivity index (χ2n) is 8.48. The summed E-state index contributed by atoms with van der Waals surface area (Å²) in [6.45, 7) is 3.37. The van der Waals surface area contributed by atoms with Gasteiger partial charge in [0.05, 0.1) is 12.1 Å². The molecule has 0 spiro atoms. The van der Waals surface area contributed by atoms with Gasteiger partial charge in [-0.05, 0) is 25.0 Å². The Hall–Kier alpha value is -3.22. The molecule has 3 aromatic rings. The van der Waals surface area contributed by atoms with Crippen LogP contribution < -0.4 is 4.74 Å². The normalized spacial score (nSPS) is 31.0. The average molecular weight is 417 g/mol. The molecule has 1 aliphatic carbocycles. The number of Topliss-reactive ketones (excluding diaryl/α,β-unsaturated/α-hetero) is 1. The smallest absolute Gasteiger partial charge is 0.181 e. The van der Waals surface area contributed by atoms with Gasteiger partial charge in [-0.15, -0.1) is 0 Å². The third kappa shape index (κ3) is 2.46. The van der Waals surface area contributed by atoms with Gasteiger partial charge in [-0.2, -0.15) is 0 Å². The fourth-order valence-electron chi connectivity index (χ4n) is 5.40. The van der Waals surface area contributed by atoms with E-state index < -0.39 is 29.1 Å². The summed E-state index contributed by atoms with van der Waals surface area (Å²) in [6.07, 6.45) is -0.258. The maximum atomic E-state index is 12.8. The van der Waals surface area contributed by atoms with Crippen molar-refractivity contribution in [2.45, 2.75) is 37.1 Å². The van der Waals surface area contributed by atoms with Gasteiger partial charge in [0.1, 0.15) is 29.1 Å². The van der Waals surface area contributed by atoms with Crippen LogP contribution in [0.4, 0.5) is 0 Å². The summed E-state index contributed by atoms with van der Waals surface area (Å²) < 4.78 is 6.46. The monoisotopic (exact) mass is 417 g/mol. The van der Waals surface area contributed by atoms with Crippen molar-refractivity contribution in [3.05, 3.63) is 89.2 Å². The summed E-state index contributed by atoms with van der Waals surface area (Å²) in [4.78, 5) is 17.1. The average Bonchev–Trinajstić information content (AvgIpc) is 3.12. The molecule has 31 heavy (non-hydrogen) atoms. The summed E-state index contributed by atoms with van der Waals surface area (Å²) in [6, 6.07) is 18.2. The molecule has 2 heterocycles. The van der Waals surface area contributed by atoms with Gasteiger partial charge in [0.15, 0.2) is 11.2 Å². The fourth-order valence-corrected chi connectivity index (χ4v) is 5.40. The molecule has 0 saturated heterocycles. The van der Waals surface area contributed by atoms with Crippen LogP contribution in [0.2, 0.25) is 0 Å². The number of rotatable bonds is 3. The van der Waals surface area contributed by atoms with E-state index in [0.717, 1.165) is 11.1 Å². The van der Waals surface area contributed by atoms with Crippen LogP contribution >= 0.6 is 0 Å². The first kappa shape index (κ1) is 19.7. The lowest BCUT2D eigenvalue weighted by Crippen LogP contribution is -2.52. The lowest BCUT2D eigenvalue weighted by molar-refractivity contribution is -0.155. The number of aliphatic hydroxyl groups excluding tert-OH is 1. The number of carbonyl (C=O) groups excluding carboxylic acids is 1. The first-order valence-corrected chi connectivity index (χ1v) is 10.2. The minimum Gasteiger partial charge on any atom is -0.506 e. The number of hydrogen-bond acceptors (Lipinski definition) is 6. The molecular formula is C25H23NO5. The van der Waals surface area contributed by atoms with Crippen molar-refractivity contribution in [2.75, 3.05) is 0 Å². The Labute approximate surface area is 179 Å². The molecule has 1 saturated carbocycles. The topological polar surface area (TPSA) is 99.9 Å². The number of aryl methyl sites for hydroxylation is 1. The highest BCUT2D eigenvalue weighted by atomic mass is 16.5. The Morgan fingerprint density at radius 1 is 1.10 bits per heavy atom.